The first-order valence-electron chi connectivity index (χ1n) is 16.9. The van der Waals surface area contributed by atoms with E-state index in [0.29, 0.717) is 44.3 Å². The van der Waals surface area contributed by atoms with Crippen LogP contribution in [0.4, 0.5) is 38.0 Å². The number of anilines is 2. The van der Waals surface area contributed by atoms with Gasteiger partial charge in [-0.2, -0.15) is 36.5 Å². The van der Waals surface area contributed by atoms with E-state index in [0.717, 1.165) is 40.7 Å². The second-order valence-corrected chi connectivity index (χ2v) is 13.4. The zero-order valence-corrected chi connectivity index (χ0v) is 30.3. The van der Waals surface area contributed by atoms with Gasteiger partial charge in [0.25, 0.3) is 11.8 Å². The number of rotatable bonds is 8. The summed E-state index contributed by atoms with van der Waals surface area (Å²) in [5, 5.41) is 19.6. The van der Waals surface area contributed by atoms with Gasteiger partial charge < -0.3 is 15.2 Å². The van der Waals surface area contributed by atoms with E-state index in [1.54, 1.807) is 21.8 Å². The Kier molecular flexibility index (Phi) is 10.6. The molecule has 8 aromatic rings. The summed E-state index contributed by atoms with van der Waals surface area (Å²) in [6.07, 6.45) is -6.02. The molecule has 0 atom stereocenters. The Bertz CT molecular complexity index is 2670. The number of alkyl halides is 6. The molecule has 11 nitrogen and oxygen atoms in total. The third-order valence-corrected chi connectivity index (χ3v) is 9.43. The van der Waals surface area contributed by atoms with Gasteiger partial charge >= 0.3 is 12.4 Å². The second-order valence-electron chi connectivity index (χ2n) is 12.5. The number of carbonyl (C=O) groups excluding carboxylic acids is 2. The van der Waals surface area contributed by atoms with E-state index < -0.39 is 29.4 Å². The summed E-state index contributed by atoms with van der Waals surface area (Å²) in [5.41, 5.74) is 3.74. The monoisotopic (exact) mass is 802 g/mol. The minimum atomic E-state index is -4.38. The van der Waals surface area contributed by atoms with E-state index in [2.05, 4.69) is 31.0 Å². The van der Waals surface area contributed by atoms with Crippen molar-refractivity contribution < 1.29 is 40.5 Å². The first kappa shape index (κ1) is 38.5. The van der Waals surface area contributed by atoms with Crippen molar-refractivity contribution in [2.45, 2.75) is 32.4 Å². The molecule has 2 N–H and O–H groups in total. The molecule has 0 aliphatic heterocycles. The van der Waals surface area contributed by atoms with Crippen molar-refractivity contribution in [1.82, 2.24) is 29.7 Å². The van der Waals surface area contributed by atoms with Crippen LogP contribution in [0.1, 0.15) is 48.0 Å². The first-order chi connectivity index (χ1) is 27.2. The van der Waals surface area contributed by atoms with Gasteiger partial charge in [0, 0.05) is 10.8 Å². The normalized spacial score (nSPS) is 11.7. The molecular formula is C39H28F6N8O3S. The summed E-state index contributed by atoms with van der Waals surface area (Å²) in [4.78, 5) is 29.1. The summed E-state index contributed by atoms with van der Waals surface area (Å²) < 4.78 is 84.5. The molecule has 57 heavy (non-hydrogen) atoms. The molecule has 4 aromatic carbocycles. The minimum absolute atomic E-state index is 0.251. The van der Waals surface area contributed by atoms with Gasteiger partial charge in [-0.15, -0.1) is 11.3 Å². The zero-order chi connectivity index (χ0) is 40.3. The first-order valence-corrected chi connectivity index (χ1v) is 17.8. The van der Waals surface area contributed by atoms with Gasteiger partial charge in [-0.3, -0.25) is 23.9 Å². The number of hydrogen-bond acceptors (Lipinski definition) is 8. The van der Waals surface area contributed by atoms with Gasteiger partial charge in [-0.1, -0.05) is 53.7 Å². The number of aromatic nitrogens is 6. The number of carbonyl (C=O) groups is 2. The third-order valence-electron chi connectivity index (χ3n) is 8.66. The van der Waals surface area contributed by atoms with Gasteiger partial charge in [0.15, 0.2) is 11.6 Å². The highest BCUT2D eigenvalue weighted by Gasteiger charge is 2.31. The number of nitrogens with zero attached hydrogens (tertiary/aromatic N) is 6. The maximum atomic E-state index is 12.8. The molecule has 0 saturated carbocycles. The number of aryl methyl sites for hydroxylation is 1. The molecule has 290 valence electrons. The summed E-state index contributed by atoms with van der Waals surface area (Å²) in [6, 6.07) is 24.5. The standard InChI is InChI=1S/C20H15F3N4O2.C19H13F3N4OS/c1-12-16(11-29-26-12)19(28)24-18-15-4-2-3-5-17(15)27(25-18)10-13-6-8-14(9-7-13)20(21,22)23;20-19(21,22)13-7-5-12(6-8-13)10-26-15-4-2-1-3-14(15)17(25-26)24-18(27)16-9-23-11-28-16/h2-9,11H,10H2,1H3,(H,24,25,28);1-9,11H,10H2,(H,24,25,27). The van der Waals surface area contributed by atoms with Gasteiger partial charge in [0.1, 0.15) is 16.7 Å². The van der Waals surface area contributed by atoms with E-state index in [1.807, 2.05) is 48.5 Å². The number of hydrogen-bond donors (Lipinski definition) is 2. The Hall–Kier alpha value is -6.82. The maximum Gasteiger partial charge on any atom is 0.416 e. The third kappa shape index (κ3) is 8.70. The van der Waals surface area contributed by atoms with E-state index in [9.17, 15) is 35.9 Å². The van der Waals surface area contributed by atoms with Crippen LogP contribution in [0, 0.1) is 6.92 Å². The molecule has 18 heteroatoms. The van der Waals surface area contributed by atoms with Crippen LogP contribution in [0.2, 0.25) is 0 Å². The highest BCUT2D eigenvalue weighted by molar-refractivity contribution is 7.11. The molecule has 4 heterocycles. The fraction of sp³-hybridized carbons (Fsp3) is 0.128. The lowest BCUT2D eigenvalue weighted by molar-refractivity contribution is -0.138. The summed E-state index contributed by atoms with van der Waals surface area (Å²) >= 11 is 1.22. The molecule has 0 aliphatic rings. The number of nitrogens with one attached hydrogen (secondary N) is 2. The lowest BCUT2D eigenvalue weighted by Gasteiger charge is -2.08. The molecule has 2 amide bonds. The SMILES string of the molecule is Cc1nocc1C(=O)Nc1nn(Cc2ccc(C(F)(F)F)cc2)c2ccccc12.O=C(Nc1nn(Cc2ccc(C(F)(F)F)cc2)c2ccccc12)c1cncs1. The fourth-order valence-corrected chi connectivity index (χ4v) is 6.32. The topological polar surface area (TPSA) is 133 Å². The molecule has 0 saturated heterocycles. The minimum Gasteiger partial charge on any atom is -0.364 e. The number of halogens is 6. The van der Waals surface area contributed by atoms with Crippen LogP contribution in [-0.2, 0) is 25.4 Å². The van der Waals surface area contributed by atoms with Crippen LogP contribution in [0.5, 0.6) is 0 Å². The summed E-state index contributed by atoms with van der Waals surface area (Å²) in [6.45, 7) is 2.18. The predicted octanol–water partition coefficient (Wildman–Crippen LogP) is 9.46. The van der Waals surface area contributed by atoms with E-state index in [1.165, 1.54) is 48.1 Å². The maximum absolute atomic E-state index is 12.8. The Morgan fingerprint density at radius 3 is 1.58 bits per heavy atom. The van der Waals surface area contributed by atoms with Gasteiger partial charge in [-0.05, 0) is 66.6 Å². The van der Waals surface area contributed by atoms with Crippen LogP contribution in [0.25, 0.3) is 21.8 Å². The van der Waals surface area contributed by atoms with E-state index in [4.69, 9.17) is 4.52 Å². The lowest BCUT2D eigenvalue weighted by atomic mass is 10.1. The van der Waals surface area contributed by atoms with Crippen molar-refractivity contribution >= 4 is 56.6 Å². The average molecular weight is 803 g/mol. The van der Waals surface area contributed by atoms with Crippen LogP contribution in [0.3, 0.4) is 0 Å². The van der Waals surface area contributed by atoms with Crippen LogP contribution in [0.15, 0.2) is 120 Å². The largest absolute Gasteiger partial charge is 0.416 e. The van der Waals surface area contributed by atoms with Crippen molar-refractivity contribution in [3.05, 3.63) is 153 Å². The molecule has 0 fully saturated rings. The predicted molar refractivity (Wildman–Crippen MR) is 200 cm³/mol. The molecule has 0 radical (unpaired) electrons. The second kappa shape index (κ2) is 15.7. The van der Waals surface area contributed by atoms with Crippen LogP contribution in [-0.4, -0.2) is 41.5 Å². The highest BCUT2D eigenvalue weighted by atomic mass is 32.1. The fourth-order valence-electron chi connectivity index (χ4n) is 5.81. The molecule has 8 rings (SSSR count). The summed E-state index contributed by atoms with van der Waals surface area (Å²) in [7, 11) is 0. The number of amides is 2. The Labute approximate surface area is 322 Å². The Balaban J connectivity index is 0.000000174. The van der Waals surface area contributed by atoms with Crippen molar-refractivity contribution in [2.75, 3.05) is 10.6 Å². The van der Waals surface area contributed by atoms with Crippen molar-refractivity contribution in [3.8, 4) is 0 Å². The summed E-state index contributed by atoms with van der Waals surface area (Å²) in [5.74, 6) is 0.0140. The molecule has 0 aliphatic carbocycles. The molecule has 0 spiro atoms. The van der Waals surface area contributed by atoms with Crippen LogP contribution < -0.4 is 10.6 Å². The quantitative estimate of drug-likeness (QED) is 0.146. The van der Waals surface area contributed by atoms with Gasteiger partial charge in [0.05, 0.1) is 52.7 Å². The molecule has 0 unspecified atom stereocenters. The van der Waals surface area contributed by atoms with Crippen molar-refractivity contribution in [1.29, 1.82) is 0 Å². The number of fused-ring (bicyclic) bond motifs is 2. The zero-order valence-electron chi connectivity index (χ0n) is 29.5. The van der Waals surface area contributed by atoms with Crippen molar-refractivity contribution in [3.63, 3.8) is 0 Å². The van der Waals surface area contributed by atoms with Crippen LogP contribution >= 0.6 is 11.3 Å². The molecule has 4 aromatic heterocycles. The Morgan fingerprint density at radius 1 is 0.684 bits per heavy atom. The average Bonchev–Trinajstić information content (AvgIpc) is 4.00. The molecule has 0 bridgehead atoms. The number of para-hydroxylation sites is 2. The highest BCUT2D eigenvalue weighted by Crippen LogP contribution is 2.31. The Morgan fingerprint density at radius 2 is 1.16 bits per heavy atom. The van der Waals surface area contributed by atoms with Crippen molar-refractivity contribution in [2.24, 2.45) is 0 Å². The lowest BCUT2D eigenvalue weighted by Crippen LogP contribution is -2.13. The number of benzene rings is 4. The van der Waals surface area contributed by atoms with Gasteiger partial charge in [-0.25, -0.2) is 0 Å². The van der Waals surface area contributed by atoms with Gasteiger partial charge in [0.2, 0.25) is 0 Å². The number of thiazole rings is 1. The smallest absolute Gasteiger partial charge is 0.364 e. The van der Waals surface area contributed by atoms with E-state index in [-0.39, 0.29) is 19.0 Å². The molecular weight excluding hydrogens is 775 g/mol. The van der Waals surface area contributed by atoms with E-state index >= 15 is 0 Å².